The highest BCUT2D eigenvalue weighted by molar-refractivity contribution is 5.97. The summed E-state index contributed by atoms with van der Waals surface area (Å²) in [6, 6.07) is 5.26. The van der Waals surface area contributed by atoms with E-state index in [0.29, 0.717) is 36.6 Å². The molecule has 2 aliphatic rings. The number of hydrogen-bond donors (Lipinski definition) is 0. The molecule has 2 heterocycles. The zero-order chi connectivity index (χ0) is 18.0. The summed E-state index contributed by atoms with van der Waals surface area (Å²) >= 11 is 0. The maximum Gasteiger partial charge on any atom is 0.257 e. The molecule has 0 bridgehead atoms. The van der Waals surface area contributed by atoms with E-state index in [1.54, 1.807) is 32.4 Å². The van der Waals surface area contributed by atoms with Crippen LogP contribution in [0, 0.1) is 5.41 Å². The predicted molar refractivity (Wildman–Crippen MR) is 94.0 cm³/mol. The Bertz CT molecular complexity index is 665. The SMILES string of the molecule is CCN1CC2(CCN(C(=O)c3ccc(OC)cc3OC)CC2)CC1=O. The molecule has 0 radical (unpaired) electrons. The monoisotopic (exact) mass is 346 g/mol. The van der Waals surface area contributed by atoms with Crippen LogP contribution in [0.3, 0.4) is 0 Å². The quantitative estimate of drug-likeness (QED) is 0.838. The maximum atomic E-state index is 12.9. The van der Waals surface area contributed by atoms with Crippen molar-refractivity contribution in [3.8, 4) is 11.5 Å². The Hall–Kier alpha value is -2.24. The van der Waals surface area contributed by atoms with Crippen LogP contribution in [0.5, 0.6) is 11.5 Å². The Balaban J connectivity index is 1.69. The van der Waals surface area contributed by atoms with Gasteiger partial charge in [-0.15, -0.1) is 0 Å². The van der Waals surface area contributed by atoms with Crippen molar-refractivity contribution in [3.05, 3.63) is 23.8 Å². The van der Waals surface area contributed by atoms with E-state index in [1.165, 1.54) is 0 Å². The second kappa shape index (κ2) is 6.94. The Kier molecular flexibility index (Phi) is 4.88. The molecule has 0 aromatic heterocycles. The number of amides is 2. The molecule has 1 spiro atoms. The summed E-state index contributed by atoms with van der Waals surface area (Å²) in [5.74, 6) is 1.41. The first-order valence-electron chi connectivity index (χ1n) is 8.81. The topological polar surface area (TPSA) is 59.1 Å². The number of piperidine rings is 1. The molecule has 1 aromatic carbocycles. The van der Waals surface area contributed by atoms with Gasteiger partial charge in [0.15, 0.2) is 0 Å². The summed E-state index contributed by atoms with van der Waals surface area (Å²) in [6.07, 6.45) is 2.37. The molecule has 3 rings (SSSR count). The molecule has 6 nitrogen and oxygen atoms in total. The third-order valence-electron chi connectivity index (χ3n) is 5.54. The lowest BCUT2D eigenvalue weighted by Gasteiger charge is -2.39. The number of likely N-dealkylation sites (tertiary alicyclic amines) is 2. The van der Waals surface area contributed by atoms with Crippen LogP contribution < -0.4 is 9.47 Å². The third-order valence-corrected chi connectivity index (χ3v) is 5.54. The molecular weight excluding hydrogens is 320 g/mol. The summed E-state index contributed by atoms with van der Waals surface area (Å²) in [6.45, 7) is 4.98. The smallest absolute Gasteiger partial charge is 0.257 e. The molecule has 0 saturated carbocycles. The van der Waals surface area contributed by atoms with E-state index in [2.05, 4.69) is 0 Å². The largest absolute Gasteiger partial charge is 0.497 e. The van der Waals surface area contributed by atoms with E-state index in [1.807, 2.05) is 16.7 Å². The van der Waals surface area contributed by atoms with Crippen LogP contribution in [0.1, 0.15) is 36.5 Å². The van der Waals surface area contributed by atoms with Crippen molar-refractivity contribution in [2.24, 2.45) is 5.41 Å². The van der Waals surface area contributed by atoms with Crippen molar-refractivity contribution in [2.75, 3.05) is 40.4 Å². The van der Waals surface area contributed by atoms with Gasteiger partial charge in [-0.1, -0.05) is 0 Å². The Labute approximate surface area is 148 Å². The number of benzene rings is 1. The molecular formula is C19H26N2O4. The minimum atomic E-state index is -0.0222. The van der Waals surface area contributed by atoms with Gasteiger partial charge in [0.05, 0.1) is 19.8 Å². The lowest BCUT2D eigenvalue weighted by atomic mass is 9.77. The number of ether oxygens (including phenoxy) is 2. The van der Waals surface area contributed by atoms with Crippen molar-refractivity contribution >= 4 is 11.8 Å². The van der Waals surface area contributed by atoms with Crippen molar-refractivity contribution in [1.29, 1.82) is 0 Å². The number of hydrogen-bond acceptors (Lipinski definition) is 4. The molecule has 0 atom stereocenters. The van der Waals surface area contributed by atoms with E-state index in [0.717, 1.165) is 25.9 Å². The summed E-state index contributed by atoms with van der Waals surface area (Å²) in [5, 5.41) is 0. The molecule has 136 valence electrons. The van der Waals surface area contributed by atoms with Crippen molar-refractivity contribution in [1.82, 2.24) is 9.80 Å². The number of methoxy groups -OCH3 is 2. The van der Waals surface area contributed by atoms with Crippen LogP contribution in [-0.2, 0) is 4.79 Å². The summed E-state index contributed by atoms with van der Waals surface area (Å²) < 4.78 is 10.5. The molecule has 2 fully saturated rings. The van der Waals surface area contributed by atoms with Crippen LogP contribution in [-0.4, -0.2) is 62.0 Å². The molecule has 2 saturated heterocycles. The maximum absolute atomic E-state index is 12.9. The lowest BCUT2D eigenvalue weighted by Crippen LogP contribution is -2.44. The van der Waals surface area contributed by atoms with Gasteiger partial charge in [0.25, 0.3) is 5.91 Å². The van der Waals surface area contributed by atoms with Crippen LogP contribution in [0.2, 0.25) is 0 Å². The van der Waals surface area contributed by atoms with Gasteiger partial charge in [-0.2, -0.15) is 0 Å². The minimum absolute atomic E-state index is 0.0222. The predicted octanol–water partition coefficient (Wildman–Crippen LogP) is 2.18. The minimum Gasteiger partial charge on any atom is -0.497 e. The average Bonchev–Trinajstić information content (AvgIpc) is 2.96. The Morgan fingerprint density at radius 2 is 1.92 bits per heavy atom. The summed E-state index contributed by atoms with van der Waals surface area (Å²) in [7, 11) is 3.14. The zero-order valence-electron chi connectivity index (χ0n) is 15.2. The van der Waals surface area contributed by atoms with E-state index in [9.17, 15) is 9.59 Å². The van der Waals surface area contributed by atoms with Gasteiger partial charge in [-0.3, -0.25) is 9.59 Å². The first-order valence-corrected chi connectivity index (χ1v) is 8.81. The number of rotatable bonds is 4. The molecule has 0 aliphatic carbocycles. The normalized spacial score (nSPS) is 19.4. The standard InChI is InChI=1S/C19H26N2O4/c1-4-20-13-19(12-17(20)22)7-9-21(10-8-19)18(23)15-6-5-14(24-2)11-16(15)25-3/h5-6,11H,4,7-10,12-13H2,1-3H3. The van der Waals surface area contributed by atoms with Gasteiger partial charge in [-0.25, -0.2) is 0 Å². The first kappa shape index (κ1) is 17.6. The number of carbonyl (C=O) groups excluding carboxylic acids is 2. The average molecular weight is 346 g/mol. The highest BCUT2D eigenvalue weighted by Gasteiger charge is 2.45. The van der Waals surface area contributed by atoms with Gasteiger partial charge in [0, 0.05) is 44.1 Å². The second-order valence-electron chi connectivity index (χ2n) is 6.94. The van der Waals surface area contributed by atoms with Crippen LogP contribution in [0.25, 0.3) is 0 Å². The summed E-state index contributed by atoms with van der Waals surface area (Å²) in [5.41, 5.74) is 0.602. The molecule has 2 aliphatic heterocycles. The fraction of sp³-hybridized carbons (Fsp3) is 0.579. The lowest BCUT2D eigenvalue weighted by molar-refractivity contribution is -0.127. The molecule has 0 N–H and O–H groups in total. The zero-order valence-corrected chi connectivity index (χ0v) is 15.2. The fourth-order valence-electron chi connectivity index (χ4n) is 3.93. The summed E-state index contributed by atoms with van der Waals surface area (Å²) in [4.78, 5) is 28.8. The van der Waals surface area contributed by atoms with Crippen LogP contribution in [0.15, 0.2) is 18.2 Å². The van der Waals surface area contributed by atoms with E-state index in [-0.39, 0.29) is 17.2 Å². The van der Waals surface area contributed by atoms with E-state index in [4.69, 9.17) is 9.47 Å². The van der Waals surface area contributed by atoms with E-state index < -0.39 is 0 Å². The Morgan fingerprint density at radius 1 is 1.20 bits per heavy atom. The highest BCUT2D eigenvalue weighted by atomic mass is 16.5. The van der Waals surface area contributed by atoms with Gasteiger partial charge in [0.1, 0.15) is 11.5 Å². The fourth-order valence-corrected chi connectivity index (χ4v) is 3.93. The van der Waals surface area contributed by atoms with Gasteiger partial charge >= 0.3 is 0 Å². The van der Waals surface area contributed by atoms with Crippen LogP contribution >= 0.6 is 0 Å². The van der Waals surface area contributed by atoms with Crippen LogP contribution in [0.4, 0.5) is 0 Å². The molecule has 0 unspecified atom stereocenters. The number of nitrogens with zero attached hydrogens (tertiary/aromatic N) is 2. The second-order valence-corrected chi connectivity index (χ2v) is 6.94. The van der Waals surface area contributed by atoms with Crippen molar-refractivity contribution in [3.63, 3.8) is 0 Å². The van der Waals surface area contributed by atoms with Gasteiger partial charge in [-0.05, 0) is 31.9 Å². The molecule has 25 heavy (non-hydrogen) atoms. The number of carbonyl (C=O) groups is 2. The van der Waals surface area contributed by atoms with Gasteiger partial charge < -0.3 is 19.3 Å². The molecule has 1 aromatic rings. The first-order chi connectivity index (χ1) is 12.0. The van der Waals surface area contributed by atoms with Gasteiger partial charge in [0.2, 0.25) is 5.91 Å². The van der Waals surface area contributed by atoms with Crippen molar-refractivity contribution in [2.45, 2.75) is 26.2 Å². The molecule has 6 heteroatoms. The third kappa shape index (κ3) is 3.30. The van der Waals surface area contributed by atoms with E-state index >= 15 is 0 Å². The highest BCUT2D eigenvalue weighted by Crippen LogP contribution is 2.41. The Morgan fingerprint density at radius 3 is 2.48 bits per heavy atom. The molecule has 2 amide bonds. The van der Waals surface area contributed by atoms with Crippen molar-refractivity contribution < 1.29 is 19.1 Å².